The summed E-state index contributed by atoms with van der Waals surface area (Å²) < 4.78 is 29.3. The average Bonchev–Trinajstić information content (AvgIpc) is 3.01. The molecule has 0 spiro atoms. The zero-order chi connectivity index (χ0) is 19.4. The van der Waals surface area contributed by atoms with E-state index in [1.807, 2.05) is 0 Å². The molecule has 0 bridgehead atoms. The van der Waals surface area contributed by atoms with Crippen LogP contribution in [0.15, 0.2) is 29.2 Å². The van der Waals surface area contributed by atoms with E-state index in [0.717, 1.165) is 25.1 Å². The van der Waals surface area contributed by atoms with Gasteiger partial charge in [0.05, 0.1) is 4.90 Å². The SMILES string of the molecule is Cn1c(CCNC(=O)c2cccc(S(=O)(=O)N3CCCCC3)c2)n[nH]c1=S. The first kappa shape index (κ1) is 19.7. The highest BCUT2D eigenvalue weighted by molar-refractivity contribution is 7.89. The maximum atomic E-state index is 12.8. The van der Waals surface area contributed by atoms with E-state index >= 15 is 0 Å². The number of hydrogen-bond donors (Lipinski definition) is 2. The summed E-state index contributed by atoms with van der Waals surface area (Å²) in [7, 11) is -1.76. The van der Waals surface area contributed by atoms with Crippen LogP contribution < -0.4 is 5.32 Å². The summed E-state index contributed by atoms with van der Waals surface area (Å²) in [5.74, 6) is 0.421. The van der Waals surface area contributed by atoms with Gasteiger partial charge in [0.25, 0.3) is 5.91 Å². The van der Waals surface area contributed by atoms with Crippen LogP contribution in [-0.4, -0.2) is 53.0 Å². The second-order valence-corrected chi connectivity index (χ2v) is 8.83. The Morgan fingerprint density at radius 1 is 1.30 bits per heavy atom. The highest BCUT2D eigenvalue weighted by atomic mass is 32.2. The smallest absolute Gasteiger partial charge is 0.251 e. The monoisotopic (exact) mass is 409 g/mol. The number of nitrogens with zero attached hydrogens (tertiary/aromatic N) is 3. The third-order valence-electron chi connectivity index (χ3n) is 4.66. The van der Waals surface area contributed by atoms with Crippen LogP contribution >= 0.6 is 12.2 Å². The number of nitrogens with one attached hydrogen (secondary N) is 2. The lowest BCUT2D eigenvalue weighted by molar-refractivity contribution is 0.0953. The van der Waals surface area contributed by atoms with Gasteiger partial charge in [-0.25, -0.2) is 8.42 Å². The number of piperidine rings is 1. The van der Waals surface area contributed by atoms with Crippen LogP contribution in [0, 0.1) is 4.77 Å². The normalized spacial score (nSPS) is 15.6. The number of rotatable bonds is 6. The van der Waals surface area contributed by atoms with E-state index in [1.54, 1.807) is 23.7 Å². The summed E-state index contributed by atoms with van der Waals surface area (Å²) in [5, 5.41) is 9.58. The molecule has 0 saturated carbocycles. The lowest BCUT2D eigenvalue weighted by atomic mass is 10.2. The molecule has 0 unspecified atom stereocenters. The van der Waals surface area contributed by atoms with Gasteiger partial charge < -0.3 is 9.88 Å². The minimum Gasteiger partial charge on any atom is -0.352 e. The zero-order valence-corrected chi connectivity index (χ0v) is 16.8. The highest BCUT2D eigenvalue weighted by Crippen LogP contribution is 2.21. The van der Waals surface area contributed by atoms with E-state index in [9.17, 15) is 13.2 Å². The number of aromatic nitrogens is 3. The summed E-state index contributed by atoms with van der Waals surface area (Å²) in [4.78, 5) is 12.6. The molecule has 1 saturated heterocycles. The van der Waals surface area contributed by atoms with Crippen molar-refractivity contribution in [2.75, 3.05) is 19.6 Å². The molecule has 1 aliphatic rings. The molecule has 0 atom stereocenters. The van der Waals surface area contributed by atoms with Crippen molar-refractivity contribution in [2.24, 2.45) is 7.05 Å². The fraction of sp³-hybridized carbons (Fsp3) is 0.471. The molecule has 27 heavy (non-hydrogen) atoms. The molecule has 0 radical (unpaired) electrons. The van der Waals surface area contributed by atoms with Crippen molar-refractivity contribution in [3.05, 3.63) is 40.4 Å². The Bertz CT molecular complexity index is 974. The number of amides is 1. The van der Waals surface area contributed by atoms with Crippen LogP contribution in [0.3, 0.4) is 0 Å². The van der Waals surface area contributed by atoms with Gasteiger partial charge in [-0.1, -0.05) is 12.5 Å². The first-order chi connectivity index (χ1) is 12.9. The van der Waals surface area contributed by atoms with E-state index < -0.39 is 10.0 Å². The van der Waals surface area contributed by atoms with Crippen LogP contribution in [0.5, 0.6) is 0 Å². The number of sulfonamides is 1. The summed E-state index contributed by atoms with van der Waals surface area (Å²) in [6, 6.07) is 6.19. The van der Waals surface area contributed by atoms with Gasteiger partial charge in [-0.3, -0.25) is 9.89 Å². The molecule has 1 aliphatic heterocycles. The molecule has 1 aromatic carbocycles. The topological polar surface area (TPSA) is 100 Å². The van der Waals surface area contributed by atoms with Crippen molar-refractivity contribution >= 4 is 28.1 Å². The van der Waals surface area contributed by atoms with Crippen LogP contribution in [0.4, 0.5) is 0 Å². The minimum absolute atomic E-state index is 0.159. The van der Waals surface area contributed by atoms with Crippen LogP contribution in [0.25, 0.3) is 0 Å². The van der Waals surface area contributed by atoms with Crippen molar-refractivity contribution in [1.29, 1.82) is 0 Å². The van der Waals surface area contributed by atoms with Crippen molar-refractivity contribution in [2.45, 2.75) is 30.6 Å². The van der Waals surface area contributed by atoms with Gasteiger partial charge in [-0.15, -0.1) is 0 Å². The highest BCUT2D eigenvalue weighted by Gasteiger charge is 2.26. The third-order valence-corrected chi connectivity index (χ3v) is 6.92. The number of hydrogen-bond acceptors (Lipinski definition) is 5. The van der Waals surface area contributed by atoms with E-state index in [4.69, 9.17) is 12.2 Å². The minimum atomic E-state index is -3.56. The fourth-order valence-electron chi connectivity index (χ4n) is 3.05. The quantitative estimate of drug-likeness (QED) is 0.707. The van der Waals surface area contributed by atoms with E-state index in [2.05, 4.69) is 15.5 Å². The number of benzene rings is 1. The van der Waals surface area contributed by atoms with Gasteiger partial charge in [0.1, 0.15) is 5.82 Å². The van der Waals surface area contributed by atoms with Gasteiger partial charge in [-0.05, 0) is 43.3 Å². The molecule has 1 fully saturated rings. The first-order valence-electron chi connectivity index (χ1n) is 8.88. The number of H-pyrrole nitrogens is 1. The Balaban J connectivity index is 1.66. The molecule has 1 aromatic heterocycles. The van der Waals surface area contributed by atoms with E-state index in [1.165, 1.54) is 16.4 Å². The molecule has 2 heterocycles. The second-order valence-electron chi connectivity index (χ2n) is 6.50. The molecule has 10 heteroatoms. The molecule has 1 amide bonds. The summed E-state index contributed by atoms with van der Waals surface area (Å²) in [6.45, 7) is 1.43. The van der Waals surface area contributed by atoms with Gasteiger partial charge in [-0.2, -0.15) is 9.40 Å². The zero-order valence-electron chi connectivity index (χ0n) is 15.1. The Morgan fingerprint density at radius 2 is 2.04 bits per heavy atom. The lowest BCUT2D eigenvalue weighted by Gasteiger charge is -2.26. The summed E-state index contributed by atoms with van der Waals surface area (Å²) in [5.41, 5.74) is 0.323. The van der Waals surface area contributed by atoms with Gasteiger partial charge >= 0.3 is 0 Å². The van der Waals surface area contributed by atoms with Crippen molar-refractivity contribution in [3.8, 4) is 0 Å². The Labute approximate surface area is 163 Å². The van der Waals surface area contributed by atoms with Crippen molar-refractivity contribution < 1.29 is 13.2 Å². The van der Waals surface area contributed by atoms with Crippen LogP contribution in [-0.2, 0) is 23.5 Å². The first-order valence-corrected chi connectivity index (χ1v) is 10.7. The maximum Gasteiger partial charge on any atom is 0.251 e. The van der Waals surface area contributed by atoms with Crippen LogP contribution in [0.2, 0.25) is 0 Å². The van der Waals surface area contributed by atoms with E-state index in [0.29, 0.717) is 36.4 Å². The van der Waals surface area contributed by atoms with Crippen molar-refractivity contribution in [3.63, 3.8) is 0 Å². The molecule has 0 aliphatic carbocycles. The van der Waals surface area contributed by atoms with Gasteiger partial charge in [0, 0.05) is 38.7 Å². The van der Waals surface area contributed by atoms with Crippen molar-refractivity contribution in [1.82, 2.24) is 24.4 Å². The largest absolute Gasteiger partial charge is 0.352 e. The molecule has 8 nitrogen and oxygen atoms in total. The Hall–Kier alpha value is -2.04. The molecular weight excluding hydrogens is 386 g/mol. The second kappa shape index (κ2) is 8.32. The predicted molar refractivity (Wildman–Crippen MR) is 103 cm³/mol. The Kier molecular flexibility index (Phi) is 6.08. The number of carbonyl (C=O) groups excluding carboxylic acids is 1. The molecular formula is C17H23N5O3S2. The third kappa shape index (κ3) is 4.45. The number of carbonyl (C=O) groups is 1. The molecule has 3 rings (SSSR count). The molecule has 2 N–H and O–H groups in total. The van der Waals surface area contributed by atoms with Gasteiger partial charge in [0.2, 0.25) is 10.0 Å². The average molecular weight is 410 g/mol. The summed E-state index contributed by atoms with van der Waals surface area (Å²) >= 11 is 5.05. The number of aromatic amines is 1. The fourth-order valence-corrected chi connectivity index (χ4v) is 4.76. The van der Waals surface area contributed by atoms with Crippen LogP contribution in [0.1, 0.15) is 35.4 Å². The predicted octanol–water partition coefficient (Wildman–Crippen LogP) is 1.62. The summed E-state index contributed by atoms with van der Waals surface area (Å²) in [6.07, 6.45) is 3.31. The lowest BCUT2D eigenvalue weighted by Crippen LogP contribution is -2.35. The van der Waals surface area contributed by atoms with Gasteiger partial charge in [0.15, 0.2) is 4.77 Å². The molecule has 2 aromatic rings. The standard InChI is InChI=1S/C17H23N5O3S2/c1-21-15(19-20-17(21)26)8-9-18-16(23)13-6-5-7-14(12-13)27(24,25)22-10-3-2-4-11-22/h5-7,12H,2-4,8-11H2,1H3,(H,18,23)(H,20,26). The Morgan fingerprint density at radius 3 is 2.70 bits per heavy atom. The maximum absolute atomic E-state index is 12.8. The molecule has 146 valence electrons. The van der Waals surface area contributed by atoms with E-state index in [-0.39, 0.29) is 10.8 Å².